The van der Waals surface area contributed by atoms with E-state index in [2.05, 4.69) is 28.9 Å². The second kappa shape index (κ2) is 14.9. The normalized spacial score (nSPS) is 12.3. The van der Waals surface area contributed by atoms with Crippen LogP contribution in [0.25, 0.3) is 0 Å². The van der Waals surface area contributed by atoms with Crippen molar-refractivity contribution in [3.05, 3.63) is 94.6 Å². The minimum atomic E-state index is -1.10. The number of rotatable bonds is 14. The average Bonchev–Trinajstić information content (AvgIpc) is 2.94. The first kappa shape index (κ1) is 30.5. The molecule has 40 heavy (non-hydrogen) atoms. The van der Waals surface area contributed by atoms with Gasteiger partial charge in [0, 0.05) is 19.2 Å². The van der Waals surface area contributed by atoms with Gasteiger partial charge in [0.05, 0.1) is 32.9 Å². The van der Waals surface area contributed by atoms with Crippen molar-refractivity contribution in [2.75, 3.05) is 27.3 Å². The topological polar surface area (TPSA) is 109 Å². The summed E-state index contributed by atoms with van der Waals surface area (Å²) < 4.78 is 38.1. The molecule has 0 aliphatic rings. The van der Waals surface area contributed by atoms with Gasteiger partial charge in [-0.05, 0) is 53.8 Å². The van der Waals surface area contributed by atoms with Crippen LogP contribution in [0.2, 0.25) is 0 Å². The molecular weight excluding hydrogens is 520 g/mol. The van der Waals surface area contributed by atoms with Gasteiger partial charge in [0.25, 0.3) is 5.91 Å². The maximum atomic E-state index is 13.8. The number of carbonyl (C=O) groups is 2. The lowest BCUT2D eigenvalue weighted by Crippen LogP contribution is -2.51. The quantitative estimate of drug-likeness (QED) is 0.243. The number of hydrogen-bond donors (Lipinski definition) is 4. The molecule has 2 amide bonds. The maximum absolute atomic E-state index is 13.8. The van der Waals surface area contributed by atoms with Gasteiger partial charge in [-0.25, -0.2) is 8.78 Å². The first-order chi connectivity index (χ1) is 19.2. The fourth-order valence-corrected chi connectivity index (χ4v) is 4.31. The van der Waals surface area contributed by atoms with E-state index in [-0.39, 0.29) is 35.6 Å². The molecule has 0 fully saturated rings. The molecular formula is C30H35F2N3O5. The zero-order valence-corrected chi connectivity index (χ0v) is 22.8. The molecule has 0 bridgehead atoms. The smallest absolute Gasteiger partial charge is 0.259 e. The van der Waals surface area contributed by atoms with Gasteiger partial charge in [-0.15, -0.1) is 0 Å². The summed E-state index contributed by atoms with van der Waals surface area (Å²) in [5.74, 6) is -2.17. The van der Waals surface area contributed by atoms with Gasteiger partial charge < -0.3 is 30.5 Å². The number of halogens is 2. The van der Waals surface area contributed by atoms with Crippen LogP contribution in [-0.2, 0) is 24.2 Å². The number of amides is 2. The Morgan fingerprint density at radius 1 is 0.900 bits per heavy atom. The molecule has 0 unspecified atom stereocenters. The monoisotopic (exact) mass is 555 g/mol. The lowest BCUT2D eigenvalue weighted by atomic mass is 10.0. The molecule has 0 radical (unpaired) electrons. The number of hydrogen-bond acceptors (Lipinski definition) is 6. The second-order valence-corrected chi connectivity index (χ2v) is 9.25. The number of aliphatic hydroxyl groups is 1. The van der Waals surface area contributed by atoms with Crippen molar-refractivity contribution in [3.63, 3.8) is 0 Å². The predicted octanol–water partition coefficient (Wildman–Crippen LogP) is 3.15. The van der Waals surface area contributed by atoms with E-state index in [1.54, 1.807) is 18.2 Å². The standard InChI is InChI=1S/C30H35F2N3O5/c1-4-19-7-5-8-20(11-19)16-33-17-25(36)24(14-21-12-22(31)15-23(32)13-21)35-28(37)18-34-30(38)29-26(39-2)9-6-10-27(29)40-3/h5-13,15,24-25,33,36H,4,14,16-18H2,1-3H3,(H,34,38)(H,35,37)/t24-,25+/m1/s1. The third kappa shape index (κ3) is 8.75. The minimum absolute atomic E-state index is 0.0388. The van der Waals surface area contributed by atoms with Crippen LogP contribution < -0.4 is 25.4 Å². The largest absolute Gasteiger partial charge is 0.496 e. The van der Waals surface area contributed by atoms with Crippen LogP contribution in [0.4, 0.5) is 8.78 Å². The van der Waals surface area contributed by atoms with E-state index in [9.17, 15) is 23.5 Å². The molecule has 8 nitrogen and oxygen atoms in total. The molecule has 3 aromatic rings. The molecule has 0 aliphatic heterocycles. The summed E-state index contributed by atoms with van der Waals surface area (Å²) in [6, 6.07) is 15.0. The van der Waals surface area contributed by atoms with Gasteiger partial charge >= 0.3 is 0 Å². The van der Waals surface area contributed by atoms with Crippen LogP contribution in [0.15, 0.2) is 60.7 Å². The number of aliphatic hydroxyl groups excluding tert-OH is 1. The molecule has 0 spiro atoms. The Morgan fingerprint density at radius 2 is 1.52 bits per heavy atom. The summed E-state index contributed by atoms with van der Waals surface area (Å²) in [4.78, 5) is 25.6. The molecule has 3 aromatic carbocycles. The van der Waals surface area contributed by atoms with E-state index < -0.39 is 42.1 Å². The van der Waals surface area contributed by atoms with E-state index >= 15 is 0 Å². The van der Waals surface area contributed by atoms with Crippen LogP contribution in [-0.4, -0.2) is 56.4 Å². The molecule has 4 N–H and O–H groups in total. The number of benzene rings is 3. The van der Waals surface area contributed by atoms with Gasteiger partial charge in [-0.3, -0.25) is 9.59 Å². The molecule has 0 saturated carbocycles. The van der Waals surface area contributed by atoms with Crippen LogP contribution in [0.5, 0.6) is 11.5 Å². The molecule has 214 valence electrons. The van der Waals surface area contributed by atoms with Crippen molar-refractivity contribution in [3.8, 4) is 11.5 Å². The second-order valence-electron chi connectivity index (χ2n) is 9.25. The lowest BCUT2D eigenvalue weighted by Gasteiger charge is -2.25. The third-order valence-electron chi connectivity index (χ3n) is 6.34. The summed E-state index contributed by atoms with van der Waals surface area (Å²) in [7, 11) is 2.82. The Labute approximate surface area is 232 Å². The first-order valence-electron chi connectivity index (χ1n) is 12.9. The summed E-state index contributed by atoms with van der Waals surface area (Å²) in [6.07, 6.45) is -0.243. The molecule has 2 atom stereocenters. The molecule has 0 aliphatic carbocycles. The molecule has 0 saturated heterocycles. The van der Waals surface area contributed by atoms with Crippen LogP contribution in [0, 0.1) is 11.6 Å². The fraction of sp³-hybridized carbons (Fsp3) is 0.333. The van der Waals surface area contributed by atoms with Gasteiger partial charge in [0.2, 0.25) is 5.91 Å². The van der Waals surface area contributed by atoms with Crippen molar-refractivity contribution in [1.29, 1.82) is 0 Å². The Balaban J connectivity index is 1.67. The number of carbonyl (C=O) groups excluding carboxylic acids is 2. The van der Waals surface area contributed by atoms with Crippen molar-refractivity contribution < 1.29 is 33.0 Å². The summed E-state index contributed by atoms with van der Waals surface area (Å²) in [6.45, 7) is 2.23. The lowest BCUT2D eigenvalue weighted by molar-refractivity contribution is -0.121. The highest BCUT2D eigenvalue weighted by Gasteiger charge is 2.24. The summed E-state index contributed by atoms with van der Waals surface area (Å²) in [5.41, 5.74) is 2.61. The van der Waals surface area contributed by atoms with Gasteiger partial charge in [0.15, 0.2) is 0 Å². The highest BCUT2D eigenvalue weighted by Crippen LogP contribution is 2.27. The highest BCUT2D eigenvalue weighted by molar-refractivity contribution is 6.01. The van der Waals surface area contributed by atoms with Gasteiger partial charge in [-0.1, -0.05) is 37.3 Å². The molecule has 10 heteroatoms. The minimum Gasteiger partial charge on any atom is -0.496 e. The third-order valence-corrected chi connectivity index (χ3v) is 6.34. The Kier molecular flexibility index (Phi) is 11.4. The summed E-state index contributed by atoms with van der Waals surface area (Å²) >= 11 is 0. The predicted molar refractivity (Wildman–Crippen MR) is 147 cm³/mol. The molecule has 0 aromatic heterocycles. The highest BCUT2D eigenvalue weighted by atomic mass is 19.1. The van der Waals surface area contributed by atoms with E-state index in [1.165, 1.54) is 19.8 Å². The average molecular weight is 556 g/mol. The molecule has 0 heterocycles. The Hall–Kier alpha value is -4.02. The van der Waals surface area contributed by atoms with Gasteiger partial charge in [-0.2, -0.15) is 0 Å². The van der Waals surface area contributed by atoms with E-state index in [0.29, 0.717) is 6.54 Å². The fourth-order valence-electron chi connectivity index (χ4n) is 4.31. The Bertz CT molecular complexity index is 1260. The van der Waals surface area contributed by atoms with Crippen LogP contribution >= 0.6 is 0 Å². The van der Waals surface area contributed by atoms with Crippen molar-refractivity contribution in [2.45, 2.75) is 38.5 Å². The number of nitrogens with one attached hydrogen (secondary N) is 3. The van der Waals surface area contributed by atoms with E-state index in [1.807, 2.05) is 18.2 Å². The van der Waals surface area contributed by atoms with Crippen LogP contribution in [0.3, 0.4) is 0 Å². The van der Waals surface area contributed by atoms with Crippen LogP contribution in [0.1, 0.15) is 34.0 Å². The van der Waals surface area contributed by atoms with E-state index in [4.69, 9.17) is 9.47 Å². The van der Waals surface area contributed by atoms with E-state index in [0.717, 1.165) is 30.2 Å². The zero-order chi connectivity index (χ0) is 29.1. The summed E-state index contributed by atoms with van der Waals surface area (Å²) in [5, 5.41) is 19.3. The number of ether oxygens (including phenoxy) is 2. The van der Waals surface area contributed by atoms with Crippen molar-refractivity contribution in [2.24, 2.45) is 0 Å². The SMILES string of the molecule is CCc1cccc(CNC[C@H](O)[C@@H](Cc2cc(F)cc(F)c2)NC(=O)CNC(=O)c2c(OC)cccc2OC)c1. The number of methoxy groups -OCH3 is 2. The maximum Gasteiger partial charge on any atom is 0.259 e. The Morgan fingerprint density at radius 3 is 2.15 bits per heavy atom. The van der Waals surface area contributed by atoms with Gasteiger partial charge in [0.1, 0.15) is 28.7 Å². The number of aryl methyl sites for hydroxylation is 1. The van der Waals surface area contributed by atoms with Crippen molar-refractivity contribution >= 4 is 11.8 Å². The van der Waals surface area contributed by atoms with Crippen molar-refractivity contribution in [1.82, 2.24) is 16.0 Å². The first-order valence-corrected chi connectivity index (χ1v) is 12.9. The molecule has 3 rings (SSSR count). The zero-order valence-electron chi connectivity index (χ0n) is 22.8.